The van der Waals surface area contributed by atoms with Crippen LogP contribution in [0.15, 0.2) is 12.8 Å². The standard InChI is InChI=1S/C7H14BO2/c1-3-5-6-7-10-8-9-4-2/h4H,2-3,5-7H2,1H3. The fourth-order valence-corrected chi connectivity index (χ4v) is 0.562. The van der Waals surface area contributed by atoms with Gasteiger partial charge in [0.15, 0.2) is 0 Å². The van der Waals surface area contributed by atoms with E-state index in [1.165, 1.54) is 26.8 Å². The molecule has 0 bridgehead atoms. The molecule has 0 aliphatic carbocycles. The van der Waals surface area contributed by atoms with E-state index in [-0.39, 0.29) is 0 Å². The van der Waals surface area contributed by atoms with Crippen molar-refractivity contribution in [1.82, 2.24) is 0 Å². The van der Waals surface area contributed by atoms with Crippen molar-refractivity contribution in [2.45, 2.75) is 26.2 Å². The average Bonchev–Trinajstić information content (AvgIpc) is 1.97. The highest BCUT2D eigenvalue weighted by molar-refractivity contribution is 6.18. The van der Waals surface area contributed by atoms with Crippen molar-refractivity contribution in [2.75, 3.05) is 6.61 Å². The second kappa shape index (κ2) is 8.56. The minimum Gasteiger partial charge on any atom is -0.544 e. The summed E-state index contributed by atoms with van der Waals surface area (Å²) in [5, 5.41) is 0. The van der Waals surface area contributed by atoms with Gasteiger partial charge in [0.05, 0.1) is 6.26 Å². The molecule has 0 atom stereocenters. The Morgan fingerprint density at radius 1 is 1.50 bits per heavy atom. The molecular weight excluding hydrogens is 127 g/mol. The van der Waals surface area contributed by atoms with Crippen LogP contribution in [0.1, 0.15) is 26.2 Å². The van der Waals surface area contributed by atoms with Crippen molar-refractivity contribution in [3.63, 3.8) is 0 Å². The van der Waals surface area contributed by atoms with Crippen molar-refractivity contribution < 1.29 is 9.31 Å². The van der Waals surface area contributed by atoms with E-state index in [4.69, 9.17) is 4.65 Å². The third kappa shape index (κ3) is 7.56. The van der Waals surface area contributed by atoms with Gasteiger partial charge in [-0.1, -0.05) is 26.3 Å². The van der Waals surface area contributed by atoms with Gasteiger partial charge < -0.3 is 9.31 Å². The molecule has 57 valence electrons. The maximum absolute atomic E-state index is 4.96. The topological polar surface area (TPSA) is 18.5 Å². The molecule has 0 rings (SSSR count). The highest BCUT2D eigenvalue weighted by Gasteiger charge is 1.90. The van der Waals surface area contributed by atoms with E-state index in [2.05, 4.69) is 18.2 Å². The fraction of sp³-hybridized carbons (Fsp3) is 0.714. The molecule has 0 aliphatic heterocycles. The number of hydrogen-bond acceptors (Lipinski definition) is 2. The van der Waals surface area contributed by atoms with Gasteiger partial charge in [-0.15, -0.1) is 0 Å². The highest BCUT2D eigenvalue weighted by Crippen LogP contribution is 1.93. The van der Waals surface area contributed by atoms with Gasteiger partial charge in [0.1, 0.15) is 0 Å². The maximum Gasteiger partial charge on any atom is 0.571 e. The highest BCUT2D eigenvalue weighted by atomic mass is 16.6. The monoisotopic (exact) mass is 141 g/mol. The number of hydrogen-bond donors (Lipinski definition) is 0. The van der Waals surface area contributed by atoms with Gasteiger partial charge in [-0.2, -0.15) is 0 Å². The molecule has 0 heterocycles. The van der Waals surface area contributed by atoms with Gasteiger partial charge in [0.2, 0.25) is 0 Å². The molecule has 0 N–H and O–H groups in total. The second-order valence-electron chi connectivity index (χ2n) is 1.98. The smallest absolute Gasteiger partial charge is 0.544 e. The number of unbranched alkanes of at least 4 members (excludes halogenated alkanes) is 2. The van der Waals surface area contributed by atoms with Gasteiger partial charge in [-0.25, -0.2) is 0 Å². The second-order valence-corrected chi connectivity index (χ2v) is 1.98. The normalized spacial score (nSPS) is 8.90. The summed E-state index contributed by atoms with van der Waals surface area (Å²) in [6.45, 7) is 6.26. The van der Waals surface area contributed by atoms with Gasteiger partial charge in [-0.05, 0) is 6.42 Å². The van der Waals surface area contributed by atoms with Gasteiger partial charge in [0.25, 0.3) is 0 Å². The van der Waals surface area contributed by atoms with Crippen LogP contribution in [0.25, 0.3) is 0 Å². The molecule has 10 heavy (non-hydrogen) atoms. The molecule has 0 amide bonds. The molecule has 1 radical (unpaired) electrons. The summed E-state index contributed by atoms with van der Waals surface area (Å²) in [7, 11) is 1.31. The van der Waals surface area contributed by atoms with Crippen molar-refractivity contribution in [3.8, 4) is 0 Å². The molecule has 0 aromatic carbocycles. The van der Waals surface area contributed by atoms with Gasteiger partial charge in [-0.3, -0.25) is 0 Å². The van der Waals surface area contributed by atoms with Crippen LogP contribution in [0.4, 0.5) is 0 Å². The van der Waals surface area contributed by atoms with Crippen LogP contribution in [0, 0.1) is 0 Å². The number of rotatable bonds is 7. The molecule has 3 heteroatoms. The summed E-state index contributed by atoms with van der Waals surface area (Å²) in [4.78, 5) is 0. The Bertz CT molecular complexity index is 76.0. The Kier molecular flexibility index (Phi) is 8.19. The Morgan fingerprint density at radius 3 is 2.90 bits per heavy atom. The first-order valence-electron chi connectivity index (χ1n) is 3.61. The van der Waals surface area contributed by atoms with Crippen molar-refractivity contribution in [2.24, 2.45) is 0 Å². The van der Waals surface area contributed by atoms with Crippen LogP contribution < -0.4 is 0 Å². The molecule has 0 spiro atoms. The lowest BCUT2D eigenvalue weighted by Gasteiger charge is -1.98. The summed E-state index contributed by atoms with van der Waals surface area (Å²) in [6, 6.07) is 0. The maximum atomic E-state index is 4.96. The molecule has 0 aromatic heterocycles. The van der Waals surface area contributed by atoms with Gasteiger partial charge >= 0.3 is 7.69 Å². The van der Waals surface area contributed by atoms with Crippen LogP contribution in [-0.2, 0) is 9.31 Å². The SMILES string of the molecule is C=CO[B]OCCCCC. The summed E-state index contributed by atoms with van der Waals surface area (Å²) in [5.41, 5.74) is 0. The Labute approximate surface area is 63.5 Å². The third-order valence-electron chi connectivity index (χ3n) is 1.09. The molecule has 0 saturated carbocycles. The lowest BCUT2D eigenvalue weighted by Crippen LogP contribution is -2.01. The predicted octanol–water partition coefficient (Wildman–Crippen LogP) is 1.89. The minimum absolute atomic E-state index is 0.738. The van der Waals surface area contributed by atoms with Crippen LogP contribution in [0.3, 0.4) is 0 Å². The lowest BCUT2D eigenvalue weighted by molar-refractivity contribution is 0.266. The van der Waals surface area contributed by atoms with Gasteiger partial charge in [0, 0.05) is 6.61 Å². The van der Waals surface area contributed by atoms with E-state index in [1.54, 1.807) is 0 Å². The molecule has 2 nitrogen and oxygen atoms in total. The lowest BCUT2D eigenvalue weighted by atomic mass is 10.2. The van der Waals surface area contributed by atoms with E-state index < -0.39 is 0 Å². The first-order valence-corrected chi connectivity index (χ1v) is 3.61. The predicted molar refractivity (Wildman–Crippen MR) is 42.5 cm³/mol. The first kappa shape index (κ1) is 9.56. The van der Waals surface area contributed by atoms with E-state index in [1.807, 2.05) is 0 Å². The van der Waals surface area contributed by atoms with Crippen LogP contribution >= 0.6 is 0 Å². The summed E-state index contributed by atoms with van der Waals surface area (Å²) < 4.78 is 9.59. The molecular formula is C7H14BO2. The third-order valence-corrected chi connectivity index (χ3v) is 1.09. The van der Waals surface area contributed by atoms with E-state index in [9.17, 15) is 0 Å². The summed E-state index contributed by atoms with van der Waals surface area (Å²) in [5.74, 6) is 0. The molecule has 0 aromatic rings. The Hall–Kier alpha value is -0.435. The Balaban J connectivity index is 2.70. The largest absolute Gasteiger partial charge is 0.571 e. The average molecular weight is 141 g/mol. The minimum atomic E-state index is 0.738. The zero-order valence-corrected chi connectivity index (χ0v) is 6.51. The van der Waals surface area contributed by atoms with Crippen LogP contribution in [-0.4, -0.2) is 14.3 Å². The van der Waals surface area contributed by atoms with E-state index >= 15 is 0 Å². The summed E-state index contributed by atoms with van der Waals surface area (Å²) >= 11 is 0. The van der Waals surface area contributed by atoms with Crippen molar-refractivity contribution in [3.05, 3.63) is 12.8 Å². The molecule has 0 aliphatic rings. The van der Waals surface area contributed by atoms with Crippen molar-refractivity contribution >= 4 is 7.69 Å². The van der Waals surface area contributed by atoms with Crippen LogP contribution in [0.5, 0.6) is 0 Å². The van der Waals surface area contributed by atoms with Crippen molar-refractivity contribution in [1.29, 1.82) is 0 Å². The molecule has 0 fully saturated rings. The molecule has 0 saturated heterocycles. The zero-order valence-electron chi connectivity index (χ0n) is 6.51. The molecule has 0 unspecified atom stereocenters. The zero-order chi connectivity index (χ0) is 7.66. The summed E-state index contributed by atoms with van der Waals surface area (Å²) in [6.07, 6.45) is 4.85. The van der Waals surface area contributed by atoms with E-state index in [0.29, 0.717) is 0 Å². The van der Waals surface area contributed by atoms with E-state index in [0.717, 1.165) is 13.0 Å². The fourth-order valence-electron chi connectivity index (χ4n) is 0.562. The quantitative estimate of drug-likeness (QED) is 0.306. The first-order chi connectivity index (χ1) is 4.91. The van der Waals surface area contributed by atoms with Crippen LogP contribution in [0.2, 0.25) is 0 Å². The Morgan fingerprint density at radius 2 is 2.30 bits per heavy atom.